The number of halogens is 1. The van der Waals surface area contributed by atoms with Gasteiger partial charge in [0.25, 0.3) is 0 Å². The number of hydrogen-bond donors (Lipinski definition) is 2. The minimum absolute atomic E-state index is 0.0925. The Labute approximate surface area is 124 Å². The molecule has 1 atom stereocenters. The van der Waals surface area contributed by atoms with Gasteiger partial charge in [-0.3, -0.25) is 4.90 Å². The predicted octanol–water partition coefficient (Wildman–Crippen LogP) is 2.20. The van der Waals surface area contributed by atoms with Crippen LogP contribution in [0.25, 0.3) is 0 Å². The normalized spacial score (nSPS) is 20.0. The Morgan fingerprint density at radius 3 is 2.95 bits per heavy atom. The SMILES string of the molecule is NC(=S)c1cccc(CN2CCCCC2CCO)c1F. The van der Waals surface area contributed by atoms with Crippen molar-refractivity contribution in [3.05, 3.63) is 35.1 Å². The first-order chi connectivity index (χ1) is 9.63. The van der Waals surface area contributed by atoms with Gasteiger partial charge in [-0.15, -0.1) is 0 Å². The fraction of sp³-hybridized carbons (Fsp3) is 0.533. The quantitative estimate of drug-likeness (QED) is 0.818. The third kappa shape index (κ3) is 3.53. The Bertz CT molecular complexity index is 479. The maximum atomic E-state index is 14.3. The second-order valence-electron chi connectivity index (χ2n) is 5.28. The van der Waals surface area contributed by atoms with Gasteiger partial charge >= 0.3 is 0 Å². The molecule has 1 aliphatic heterocycles. The molecule has 3 N–H and O–H groups in total. The summed E-state index contributed by atoms with van der Waals surface area (Å²) in [5.41, 5.74) is 6.47. The lowest BCUT2D eigenvalue weighted by molar-refractivity contribution is 0.111. The van der Waals surface area contributed by atoms with Gasteiger partial charge in [-0.1, -0.05) is 30.8 Å². The lowest BCUT2D eigenvalue weighted by atomic mass is 9.98. The summed E-state index contributed by atoms with van der Waals surface area (Å²) in [5, 5.41) is 9.14. The molecule has 1 saturated heterocycles. The highest BCUT2D eigenvalue weighted by molar-refractivity contribution is 7.80. The van der Waals surface area contributed by atoms with E-state index in [1.54, 1.807) is 18.2 Å². The summed E-state index contributed by atoms with van der Waals surface area (Å²) < 4.78 is 14.3. The summed E-state index contributed by atoms with van der Waals surface area (Å²) in [5.74, 6) is -0.312. The number of nitrogens with zero attached hydrogens (tertiary/aromatic N) is 1. The molecule has 0 saturated carbocycles. The van der Waals surface area contributed by atoms with Crippen LogP contribution in [0.2, 0.25) is 0 Å². The standard InChI is InChI=1S/C15H21FN2OS/c16-14-11(4-3-6-13(14)15(17)20)10-18-8-2-1-5-12(18)7-9-19/h3-4,6,12,19H,1-2,5,7-10H2,(H2,17,20). The third-order valence-corrected chi connectivity index (χ3v) is 4.15. The Kier molecular flexibility index (Phi) is 5.46. The van der Waals surface area contributed by atoms with E-state index in [9.17, 15) is 4.39 Å². The number of hydrogen-bond acceptors (Lipinski definition) is 3. The Balaban J connectivity index is 2.16. The Morgan fingerprint density at radius 1 is 1.45 bits per heavy atom. The average Bonchev–Trinajstić information content (AvgIpc) is 2.43. The van der Waals surface area contributed by atoms with Crippen LogP contribution in [-0.2, 0) is 6.54 Å². The molecule has 0 spiro atoms. The highest BCUT2D eigenvalue weighted by Crippen LogP contribution is 2.23. The number of aliphatic hydroxyl groups is 1. The van der Waals surface area contributed by atoms with Crippen LogP contribution in [0.15, 0.2) is 18.2 Å². The first kappa shape index (κ1) is 15.4. The molecule has 5 heteroatoms. The van der Waals surface area contributed by atoms with Gasteiger partial charge < -0.3 is 10.8 Å². The van der Waals surface area contributed by atoms with Crippen LogP contribution in [0.3, 0.4) is 0 Å². The molecular weight excluding hydrogens is 275 g/mol. The summed E-state index contributed by atoms with van der Waals surface area (Å²) in [6.07, 6.45) is 4.11. The summed E-state index contributed by atoms with van der Waals surface area (Å²) in [4.78, 5) is 2.34. The van der Waals surface area contributed by atoms with Crippen molar-refractivity contribution in [3.63, 3.8) is 0 Å². The number of piperidine rings is 1. The summed E-state index contributed by atoms with van der Waals surface area (Å²) in [6, 6.07) is 5.52. The van der Waals surface area contributed by atoms with Gasteiger partial charge in [0.1, 0.15) is 10.8 Å². The van der Waals surface area contributed by atoms with Crippen LogP contribution in [0.4, 0.5) is 4.39 Å². The van der Waals surface area contributed by atoms with Gasteiger partial charge in [-0.05, 0) is 31.9 Å². The van der Waals surface area contributed by atoms with E-state index in [1.807, 2.05) is 0 Å². The number of thiocarbonyl (C=S) groups is 1. The van der Waals surface area contributed by atoms with E-state index < -0.39 is 0 Å². The van der Waals surface area contributed by atoms with Gasteiger partial charge in [0.2, 0.25) is 0 Å². The van der Waals surface area contributed by atoms with Gasteiger partial charge in [0.05, 0.1) is 0 Å². The van der Waals surface area contributed by atoms with E-state index in [0.717, 1.165) is 25.8 Å². The number of likely N-dealkylation sites (tertiary alicyclic amines) is 1. The average molecular weight is 296 g/mol. The van der Waals surface area contributed by atoms with E-state index in [0.29, 0.717) is 23.7 Å². The molecule has 1 aromatic rings. The van der Waals surface area contributed by atoms with Crippen molar-refractivity contribution in [2.75, 3.05) is 13.2 Å². The van der Waals surface area contributed by atoms with Crippen molar-refractivity contribution >= 4 is 17.2 Å². The second-order valence-corrected chi connectivity index (χ2v) is 5.72. The summed E-state index contributed by atoms with van der Waals surface area (Å²) in [6.45, 7) is 1.67. The number of aliphatic hydroxyl groups excluding tert-OH is 1. The van der Waals surface area contributed by atoms with Crippen molar-refractivity contribution in [2.24, 2.45) is 5.73 Å². The zero-order valence-electron chi connectivity index (χ0n) is 11.5. The fourth-order valence-electron chi connectivity index (χ4n) is 2.86. The number of rotatable bonds is 5. The molecule has 20 heavy (non-hydrogen) atoms. The lowest BCUT2D eigenvalue weighted by Gasteiger charge is -2.35. The van der Waals surface area contributed by atoms with Crippen LogP contribution in [0.5, 0.6) is 0 Å². The van der Waals surface area contributed by atoms with Gasteiger partial charge in [-0.25, -0.2) is 4.39 Å². The number of benzene rings is 1. The minimum atomic E-state index is -0.312. The summed E-state index contributed by atoms with van der Waals surface area (Å²) >= 11 is 4.87. The van der Waals surface area contributed by atoms with E-state index in [-0.39, 0.29) is 17.4 Å². The highest BCUT2D eigenvalue weighted by atomic mass is 32.1. The molecule has 1 fully saturated rings. The van der Waals surface area contributed by atoms with E-state index in [4.69, 9.17) is 23.1 Å². The minimum Gasteiger partial charge on any atom is -0.396 e. The molecular formula is C15H21FN2OS. The van der Waals surface area contributed by atoms with Crippen LogP contribution in [-0.4, -0.2) is 34.2 Å². The van der Waals surface area contributed by atoms with Crippen molar-refractivity contribution in [2.45, 2.75) is 38.3 Å². The van der Waals surface area contributed by atoms with Crippen molar-refractivity contribution in [1.82, 2.24) is 4.90 Å². The van der Waals surface area contributed by atoms with Crippen molar-refractivity contribution in [1.29, 1.82) is 0 Å². The molecule has 110 valence electrons. The molecule has 0 aromatic heterocycles. The number of nitrogens with two attached hydrogens (primary N) is 1. The second kappa shape index (κ2) is 7.11. The first-order valence-electron chi connectivity index (χ1n) is 7.05. The maximum Gasteiger partial charge on any atom is 0.137 e. The van der Waals surface area contributed by atoms with Crippen LogP contribution < -0.4 is 5.73 Å². The molecule has 0 bridgehead atoms. The molecule has 0 radical (unpaired) electrons. The molecule has 0 amide bonds. The molecule has 2 rings (SSSR count). The Morgan fingerprint density at radius 2 is 2.25 bits per heavy atom. The molecule has 1 heterocycles. The van der Waals surface area contributed by atoms with Crippen LogP contribution in [0, 0.1) is 5.82 Å². The van der Waals surface area contributed by atoms with E-state index in [1.165, 1.54) is 6.42 Å². The Hall–Kier alpha value is -1.04. The zero-order chi connectivity index (χ0) is 14.5. The summed E-state index contributed by atoms with van der Waals surface area (Å²) in [7, 11) is 0. The lowest BCUT2D eigenvalue weighted by Crippen LogP contribution is -2.39. The molecule has 3 nitrogen and oxygen atoms in total. The van der Waals surface area contributed by atoms with Crippen molar-refractivity contribution < 1.29 is 9.50 Å². The molecule has 1 aromatic carbocycles. The van der Waals surface area contributed by atoms with Crippen LogP contribution >= 0.6 is 12.2 Å². The molecule has 1 unspecified atom stereocenters. The molecule has 1 aliphatic rings. The topological polar surface area (TPSA) is 49.5 Å². The first-order valence-corrected chi connectivity index (χ1v) is 7.46. The third-order valence-electron chi connectivity index (χ3n) is 3.93. The van der Waals surface area contributed by atoms with Gasteiger partial charge in [0, 0.05) is 30.3 Å². The maximum absolute atomic E-state index is 14.3. The van der Waals surface area contributed by atoms with Crippen molar-refractivity contribution in [3.8, 4) is 0 Å². The highest BCUT2D eigenvalue weighted by Gasteiger charge is 2.23. The molecule has 0 aliphatic carbocycles. The fourth-order valence-corrected chi connectivity index (χ4v) is 3.01. The van der Waals surface area contributed by atoms with Gasteiger partial charge in [-0.2, -0.15) is 0 Å². The van der Waals surface area contributed by atoms with Crippen LogP contribution in [0.1, 0.15) is 36.8 Å². The smallest absolute Gasteiger partial charge is 0.137 e. The largest absolute Gasteiger partial charge is 0.396 e. The predicted molar refractivity (Wildman–Crippen MR) is 82.0 cm³/mol. The van der Waals surface area contributed by atoms with E-state index >= 15 is 0 Å². The zero-order valence-corrected chi connectivity index (χ0v) is 12.3. The monoisotopic (exact) mass is 296 g/mol. The van der Waals surface area contributed by atoms with E-state index in [2.05, 4.69) is 4.90 Å². The van der Waals surface area contributed by atoms with Gasteiger partial charge in [0.15, 0.2) is 0 Å².